The molecule has 4 heteroatoms. The molecule has 4 nitrogen and oxygen atoms in total. The molecule has 0 amide bonds. The number of hydrogen-bond donors (Lipinski definition) is 1. The zero-order chi connectivity index (χ0) is 32.5. The molecule has 0 heterocycles. The summed E-state index contributed by atoms with van der Waals surface area (Å²) in [4.78, 5) is 39.9. The van der Waals surface area contributed by atoms with Gasteiger partial charge in [0.15, 0.2) is 0 Å². The molecule has 0 radical (unpaired) electrons. The second-order valence-electron chi connectivity index (χ2n) is 17.0. The number of ketones is 2. The first-order chi connectivity index (χ1) is 20.4. The Balaban J connectivity index is 1.42. The molecule has 7 atom stereocenters. The maximum atomic E-state index is 14.2. The lowest BCUT2D eigenvalue weighted by atomic mass is 9.48. The average molecular weight is 603 g/mol. The first-order valence-corrected chi connectivity index (χ1v) is 17.5. The van der Waals surface area contributed by atoms with Gasteiger partial charge < -0.3 is 5.11 Å². The van der Waals surface area contributed by atoms with Crippen LogP contribution in [0.3, 0.4) is 0 Å². The van der Waals surface area contributed by atoms with E-state index in [0.717, 1.165) is 57.8 Å². The summed E-state index contributed by atoms with van der Waals surface area (Å²) in [7, 11) is 0. The summed E-state index contributed by atoms with van der Waals surface area (Å²) < 4.78 is 0. The van der Waals surface area contributed by atoms with Crippen LogP contribution in [-0.4, -0.2) is 22.6 Å². The molecule has 2 fully saturated rings. The molecule has 2 saturated carbocycles. The van der Waals surface area contributed by atoms with Crippen LogP contribution in [0.2, 0.25) is 0 Å². The molecule has 1 N–H and O–H groups in total. The summed E-state index contributed by atoms with van der Waals surface area (Å²) >= 11 is 0. The standard InChI is InChI=1S/C40H58O4/c1-25(2)11-10-12-28-13-14-31(38(8,24-28)35(43)44)32(41)23-27(4)39(9)21-17-26(3)40(39)22-18-29-30(40)15-16-33-36(5,6)34(42)19-20-37(29,33)7/h11,13,27,31,33H,3,10,12,14-24H2,1-2,4-9H3,(H,43,44). The van der Waals surface area contributed by atoms with Crippen molar-refractivity contribution < 1.29 is 19.5 Å². The zero-order valence-electron chi connectivity index (χ0n) is 29.0. The Morgan fingerprint density at radius 2 is 1.73 bits per heavy atom. The van der Waals surface area contributed by atoms with Gasteiger partial charge in [-0.1, -0.05) is 81.2 Å². The van der Waals surface area contributed by atoms with Gasteiger partial charge in [-0.25, -0.2) is 0 Å². The fraction of sp³-hybridized carbons (Fsp3) is 0.725. The average Bonchev–Trinajstić information content (AvgIpc) is 3.47. The predicted octanol–water partition coefficient (Wildman–Crippen LogP) is 9.99. The first-order valence-electron chi connectivity index (χ1n) is 17.5. The van der Waals surface area contributed by atoms with E-state index in [-0.39, 0.29) is 33.4 Å². The fourth-order valence-electron chi connectivity index (χ4n) is 11.3. The maximum Gasteiger partial charge on any atom is 0.310 e. The Kier molecular flexibility index (Phi) is 8.46. The van der Waals surface area contributed by atoms with Crippen LogP contribution in [0.15, 0.2) is 46.6 Å². The van der Waals surface area contributed by atoms with Gasteiger partial charge in [-0.05, 0) is 114 Å². The molecule has 5 aliphatic rings. The monoisotopic (exact) mass is 602 g/mol. The number of carboxylic acids is 1. The number of aliphatic carboxylic acids is 1. The summed E-state index contributed by atoms with van der Waals surface area (Å²) in [5.41, 5.74) is 5.51. The van der Waals surface area contributed by atoms with Crippen molar-refractivity contribution >= 4 is 17.5 Å². The molecule has 7 unspecified atom stereocenters. The van der Waals surface area contributed by atoms with E-state index >= 15 is 0 Å². The van der Waals surface area contributed by atoms with E-state index in [0.29, 0.717) is 37.4 Å². The van der Waals surface area contributed by atoms with E-state index in [9.17, 15) is 19.5 Å². The third-order valence-corrected chi connectivity index (χ3v) is 14.3. The van der Waals surface area contributed by atoms with Crippen molar-refractivity contribution in [1.29, 1.82) is 0 Å². The van der Waals surface area contributed by atoms with Crippen molar-refractivity contribution in [3.05, 3.63) is 46.6 Å². The van der Waals surface area contributed by atoms with Crippen molar-refractivity contribution in [3.63, 3.8) is 0 Å². The number of hydrogen-bond acceptors (Lipinski definition) is 3. The minimum atomic E-state index is -1.06. The largest absolute Gasteiger partial charge is 0.481 e. The quantitative estimate of drug-likeness (QED) is 0.281. The first kappa shape index (κ1) is 33.1. The van der Waals surface area contributed by atoms with E-state index in [2.05, 4.69) is 60.6 Å². The Bertz CT molecular complexity index is 1350. The molecule has 5 rings (SSSR count). The van der Waals surface area contributed by atoms with Crippen LogP contribution in [0, 0.1) is 44.8 Å². The van der Waals surface area contributed by atoms with Gasteiger partial charge in [0, 0.05) is 29.6 Å². The second kappa shape index (κ2) is 11.2. The molecule has 1 spiro atoms. The van der Waals surface area contributed by atoms with E-state index < -0.39 is 17.3 Å². The summed E-state index contributed by atoms with van der Waals surface area (Å²) in [6.07, 6.45) is 15.4. The smallest absolute Gasteiger partial charge is 0.310 e. The molecule has 0 aliphatic heterocycles. The van der Waals surface area contributed by atoms with E-state index in [1.54, 1.807) is 18.1 Å². The van der Waals surface area contributed by atoms with Gasteiger partial charge in [-0.3, -0.25) is 14.4 Å². The minimum Gasteiger partial charge on any atom is -0.481 e. The van der Waals surface area contributed by atoms with Crippen molar-refractivity contribution in [3.8, 4) is 0 Å². The normalized spacial score (nSPS) is 38.7. The number of carbonyl (C=O) groups excluding carboxylic acids is 2. The highest BCUT2D eigenvalue weighted by Crippen LogP contribution is 2.74. The van der Waals surface area contributed by atoms with Crippen molar-refractivity contribution in [2.75, 3.05) is 0 Å². The van der Waals surface area contributed by atoms with Crippen molar-refractivity contribution in [1.82, 2.24) is 0 Å². The molecule has 5 aliphatic carbocycles. The molecule has 0 aromatic carbocycles. The van der Waals surface area contributed by atoms with Gasteiger partial charge in [-0.2, -0.15) is 0 Å². The van der Waals surface area contributed by atoms with Crippen LogP contribution in [0.4, 0.5) is 0 Å². The van der Waals surface area contributed by atoms with E-state index in [4.69, 9.17) is 6.58 Å². The fourth-order valence-corrected chi connectivity index (χ4v) is 11.3. The van der Waals surface area contributed by atoms with Gasteiger partial charge in [0.05, 0.1) is 5.41 Å². The summed E-state index contributed by atoms with van der Waals surface area (Å²) in [5, 5.41) is 10.4. The Hall–Kier alpha value is -2.23. The molecule has 44 heavy (non-hydrogen) atoms. The summed E-state index contributed by atoms with van der Waals surface area (Å²) in [6.45, 7) is 22.2. The van der Waals surface area contributed by atoms with E-state index in [1.165, 1.54) is 16.7 Å². The molecule has 0 aromatic rings. The Labute approximate surface area is 266 Å². The highest BCUT2D eigenvalue weighted by atomic mass is 16.4. The van der Waals surface area contributed by atoms with Crippen LogP contribution >= 0.6 is 0 Å². The van der Waals surface area contributed by atoms with Crippen LogP contribution < -0.4 is 0 Å². The number of allylic oxidation sites excluding steroid dienone is 7. The molecular formula is C40H58O4. The Morgan fingerprint density at radius 1 is 1.02 bits per heavy atom. The van der Waals surface area contributed by atoms with Crippen LogP contribution in [0.5, 0.6) is 0 Å². The number of fused-ring (bicyclic) bond motifs is 3. The Morgan fingerprint density at radius 3 is 2.39 bits per heavy atom. The van der Waals surface area contributed by atoms with Crippen LogP contribution in [0.1, 0.15) is 139 Å². The highest BCUT2D eigenvalue weighted by Gasteiger charge is 2.65. The topological polar surface area (TPSA) is 71.4 Å². The molecule has 0 saturated heterocycles. The van der Waals surface area contributed by atoms with Gasteiger partial charge in [0.2, 0.25) is 0 Å². The van der Waals surface area contributed by atoms with Gasteiger partial charge in [-0.15, -0.1) is 0 Å². The lowest BCUT2D eigenvalue weighted by Crippen LogP contribution is -2.51. The van der Waals surface area contributed by atoms with Gasteiger partial charge in [0.1, 0.15) is 11.6 Å². The van der Waals surface area contributed by atoms with E-state index in [1.807, 2.05) is 0 Å². The molecule has 0 bridgehead atoms. The lowest BCUT2D eigenvalue weighted by molar-refractivity contribution is -0.155. The third-order valence-electron chi connectivity index (χ3n) is 14.3. The molecule has 0 aromatic heterocycles. The minimum absolute atomic E-state index is 0.0540. The van der Waals surface area contributed by atoms with Crippen molar-refractivity contribution in [2.45, 2.75) is 139 Å². The highest BCUT2D eigenvalue weighted by molar-refractivity contribution is 5.89. The third kappa shape index (κ3) is 4.79. The van der Waals surface area contributed by atoms with Gasteiger partial charge in [0.25, 0.3) is 0 Å². The van der Waals surface area contributed by atoms with Crippen LogP contribution in [-0.2, 0) is 14.4 Å². The predicted molar refractivity (Wildman–Crippen MR) is 178 cm³/mol. The second-order valence-corrected chi connectivity index (χ2v) is 17.0. The van der Waals surface area contributed by atoms with Crippen LogP contribution in [0.25, 0.3) is 0 Å². The summed E-state index contributed by atoms with van der Waals surface area (Å²) in [6, 6.07) is 0. The number of carboxylic acid groups (broad SMARTS) is 1. The maximum absolute atomic E-state index is 14.2. The summed E-state index contributed by atoms with van der Waals surface area (Å²) in [5.74, 6) is -0.301. The zero-order valence-corrected chi connectivity index (χ0v) is 29.0. The molecule has 242 valence electrons. The van der Waals surface area contributed by atoms with Crippen molar-refractivity contribution in [2.24, 2.45) is 44.8 Å². The molecular weight excluding hydrogens is 544 g/mol. The number of carbonyl (C=O) groups is 3. The lowest BCUT2D eigenvalue weighted by Gasteiger charge is -2.55. The number of rotatable bonds is 8. The van der Waals surface area contributed by atoms with Gasteiger partial charge >= 0.3 is 5.97 Å². The SMILES string of the molecule is C=C1CCC(C)(C(C)CC(=O)C2CC=C(CCC=C(C)C)CC2(C)C(=O)O)C12CCC1=C2CCC2C(C)(C)C(=O)CCC12C. The number of Topliss-reactive ketones (excluding diaryl/α,β-unsaturated/α-hetero) is 2.